The average molecular weight is 1310 g/mol. The van der Waals surface area contributed by atoms with Gasteiger partial charge in [-0.05, 0) is 173 Å². The standard InChI is InChI=1S/C66H80F3N9O10S3/c1-63(2)26-22-45(51(37-63)65-40-64(3,41-65)42-65)38-76-32-34-77(35-33-76)47-16-14-43(15-17-47)59(81)74-91(87,88)49-18-19-52(55(36-49)90(85,86)66(67,68)69)72-46(39-89-48-10-5-4-6-11-48)25-31-75-29-23-44(24-30-75)58(80)71-28-8-7-27-70-53-13-9-12-50-57(53)62(84)78(61(50)83)54-20-21-56(79)73-60(54)82/h4-6,9-19,36,44,46,54,70,72H,7-8,20-35,37-42H2,1-3H3,(H,71,80)(H,74,81)(H,73,79,82)/t46-,54?,64?,65?/m1/s1. The number of hydrogen-bond donors (Lipinski definition) is 5. The molecule has 4 aliphatic carbocycles. The fourth-order valence-electron chi connectivity index (χ4n) is 14.7. The van der Waals surface area contributed by atoms with Gasteiger partial charge in [-0.15, -0.1) is 11.8 Å². The summed E-state index contributed by atoms with van der Waals surface area (Å²) in [6, 6.07) is 21.2. The molecule has 25 heteroatoms. The molecule has 3 saturated carbocycles. The third-order valence-electron chi connectivity index (χ3n) is 19.5. The molecule has 8 aliphatic rings. The van der Waals surface area contributed by atoms with Crippen LogP contribution < -0.4 is 30.9 Å². The lowest BCUT2D eigenvalue weighted by Gasteiger charge is -2.72. The van der Waals surface area contributed by atoms with Gasteiger partial charge in [0, 0.05) is 98.3 Å². The summed E-state index contributed by atoms with van der Waals surface area (Å²) in [6.45, 7) is 13.8. The summed E-state index contributed by atoms with van der Waals surface area (Å²) in [5.41, 5.74) is -0.0153. The first kappa shape index (κ1) is 65.7. The van der Waals surface area contributed by atoms with Crippen LogP contribution in [0.5, 0.6) is 0 Å². The zero-order valence-corrected chi connectivity index (χ0v) is 54.0. The normalized spacial score (nSPS) is 23.4. The van der Waals surface area contributed by atoms with Crippen molar-refractivity contribution in [2.45, 2.75) is 137 Å². The zero-order valence-electron chi connectivity index (χ0n) is 51.6. The number of piperazine rings is 1. The number of carbonyl (C=O) groups is 6. The minimum Gasteiger partial charge on any atom is -0.384 e. The number of unbranched alkanes of at least 4 members (excludes halogenated alkanes) is 1. The van der Waals surface area contributed by atoms with E-state index in [1.165, 1.54) is 62.1 Å². The van der Waals surface area contributed by atoms with Gasteiger partial charge in [-0.2, -0.15) is 13.2 Å². The summed E-state index contributed by atoms with van der Waals surface area (Å²) in [7, 11) is -11.1. The van der Waals surface area contributed by atoms with Gasteiger partial charge in [-0.3, -0.25) is 43.9 Å². The molecule has 5 N–H and O–H groups in total. The highest BCUT2D eigenvalue weighted by Gasteiger charge is 2.67. The number of thioether (sulfide) groups is 1. The number of piperidine rings is 2. The Morgan fingerprint density at radius 3 is 2.15 bits per heavy atom. The predicted octanol–water partition coefficient (Wildman–Crippen LogP) is 9.00. The first-order valence-corrected chi connectivity index (χ1v) is 35.5. The molecule has 4 aromatic carbocycles. The number of carbonyl (C=O) groups excluding carboxylic acids is 6. The van der Waals surface area contributed by atoms with Crippen LogP contribution in [0.4, 0.5) is 30.2 Å². The Labute approximate surface area is 534 Å². The highest BCUT2D eigenvalue weighted by molar-refractivity contribution is 7.99. The summed E-state index contributed by atoms with van der Waals surface area (Å²) < 4.78 is 99.9. The largest absolute Gasteiger partial charge is 0.501 e. The van der Waals surface area contributed by atoms with E-state index in [1.807, 2.05) is 35.1 Å². The van der Waals surface area contributed by atoms with Crippen LogP contribution in [0.15, 0.2) is 117 Å². The number of rotatable bonds is 24. The highest BCUT2D eigenvalue weighted by atomic mass is 32.2. The van der Waals surface area contributed by atoms with Crippen LogP contribution in [0.25, 0.3) is 0 Å². The van der Waals surface area contributed by atoms with Crippen LogP contribution >= 0.6 is 11.8 Å². The van der Waals surface area contributed by atoms with Crippen LogP contribution in [-0.4, -0.2) is 156 Å². The second kappa shape index (κ2) is 26.3. The average Bonchev–Trinajstić information content (AvgIpc) is 1.23. The van der Waals surface area contributed by atoms with Gasteiger partial charge in [0.05, 0.1) is 21.7 Å². The molecule has 91 heavy (non-hydrogen) atoms. The molecule has 3 saturated heterocycles. The van der Waals surface area contributed by atoms with Crippen molar-refractivity contribution in [2.24, 2.45) is 22.2 Å². The van der Waals surface area contributed by atoms with Gasteiger partial charge >= 0.3 is 5.51 Å². The summed E-state index contributed by atoms with van der Waals surface area (Å²) in [6.07, 6.45) is 10.2. The molecule has 4 heterocycles. The van der Waals surface area contributed by atoms with Crippen molar-refractivity contribution < 1.29 is 58.8 Å². The quantitative estimate of drug-likeness (QED) is 0.0190. The zero-order chi connectivity index (χ0) is 64.7. The van der Waals surface area contributed by atoms with E-state index in [0.29, 0.717) is 92.8 Å². The summed E-state index contributed by atoms with van der Waals surface area (Å²) in [4.78, 5) is 84.3. The van der Waals surface area contributed by atoms with E-state index in [9.17, 15) is 58.8 Å². The van der Waals surface area contributed by atoms with Crippen LogP contribution in [0.2, 0.25) is 0 Å². The third kappa shape index (κ3) is 14.4. The highest BCUT2D eigenvalue weighted by Crippen LogP contribution is 2.77. The number of likely N-dealkylation sites (tertiary alicyclic amines) is 1. The fraction of sp³-hybridized carbons (Fsp3) is 0.515. The number of alkyl halides is 3. The van der Waals surface area contributed by atoms with Crippen molar-refractivity contribution in [3.05, 3.63) is 119 Å². The molecule has 12 rings (SSSR count). The van der Waals surface area contributed by atoms with Gasteiger partial charge < -0.3 is 25.8 Å². The van der Waals surface area contributed by atoms with Crippen molar-refractivity contribution in [3.63, 3.8) is 0 Å². The van der Waals surface area contributed by atoms with Crippen LogP contribution in [-0.2, 0) is 34.2 Å². The molecule has 4 aromatic rings. The Balaban J connectivity index is 0.664. The maximum Gasteiger partial charge on any atom is 0.501 e. The maximum absolute atomic E-state index is 14.5. The van der Waals surface area contributed by atoms with Gasteiger partial charge in [-0.25, -0.2) is 21.6 Å². The van der Waals surface area contributed by atoms with Crippen LogP contribution in [0.1, 0.15) is 135 Å². The van der Waals surface area contributed by atoms with E-state index in [4.69, 9.17) is 0 Å². The smallest absolute Gasteiger partial charge is 0.384 e. The molecule has 6 fully saturated rings. The van der Waals surface area contributed by atoms with E-state index in [-0.39, 0.29) is 47.1 Å². The SMILES string of the molecule is CC1(C)CCC(CN2CCN(c3ccc(C(=O)NS(=O)(=O)c4ccc(N[C@H](CCN5CCC(C(=O)NCCCCNc6cccc7c6C(=O)N(C6CCC(=O)NC6=O)C7=O)CC5)CSc5ccccc5)c(S(=O)(=O)C(F)(F)F)c4)cc3)CC2)=C(C23CC(C)(C2)C3)C1. The molecule has 488 valence electrons. The van der Waals surface area contributed by atoms with Crippen LogP contribution in [0, 0.1) is 22.2 Å². The van der Waals surface area contributed by atoms with E-state index < -0.39 is 82.5 Å². The van der Waals surface area contributed by atoms with Gasteiger partial charge in [0.2, 0.25) is 17.7 Å². The molecule has 1 unspecified atom stereocenters. The molecular weight excluding hydrogens is 1230 g/mol. The lowest BCUT2D eigenvalue weighted by atomic mass is 9.33. The Kier molecular flexibility index (Phi) is 19.0. The Hall–Kier alpha value is -6.80. The Bertz CT molecular complexity index is 3720. The molecule has 0 aromatic heterocycles. The van der Waals surface area contributed by atoms with Gasteiger partial charge in [-0.1, -0.05) is 56.2 Å². The lowest BCUT2D eigenvalue weighted by molar-refractivity contribution is -0.167. The number of hydrogen-bond acceptors (Lipinski definition) is 16. The second-order valence-electron chi connectivity index (χ2n) is 26.9. The summed E-state index contributed by atoms with van der Waals surface area (Å²) in [5, 5.41) is 11.4. The third-order valence-corrected chi connectivity index (χ3v) is 23.5. The minimum absolute atomic E-state index is 0.0120. The van der Waals surface area contributed by atoms with Gasteiger partial charge in [0.15, 0.2) is 0 Å². The van der Waals surface area contributed by atoms with Crippen molar-refractivity contribution in [1.29, 1.82) is 0 Å². The Morgan fingerprint density at radius 2 is 1.47 bits per heavy atom. The maximum atomic E-state index is 14.5. The number of anilines is 3. The van der Waals surface area contributed by atoms with Crippen molar-refractivity contribution in [3.8, 4) is 0 Å². The van der Waals surface area contributed by atoms with Crippen LogP contribution in [0.3, 0.4) is 0 Å². The molecule has 6 amide bonds. The lowest BCUT2D eigenvalue weighted by Crippen LogP contribution is -2.61. The molecule has 0 radical (unpaired) electrons. The van der Waals surface area contributed by atoms with Crippen molar-refractivity contribution in [2.75, 3.05) is 86.7 Å². The molecule has 4 aliphatic heterocycles. The number of benzene rings is 4. The van der Waals surface area contributed by atoms with E-state index in [0.717, 1.165) is 66.8 Å². The number of nitrogens with one attached hydrogen (secondary N) is 5. The molecular formula is C66H80F3N9O10S3. The predicted molar refractivity (Wildman–Crippen MR) is 341 cm³/mol. The number of fused-ring (bicyclic) bond motifs is 1. The molecule has 2 atom stereocenters. The van der Waals surface area contributed by atoms with Crippen molar-refractivity contribution >= 4 is 84.1 Å². The number of sulfone groups is 1. The molecule has 19 nitrogen and oxygen atoms in total. The first-order chi connectivity index (χ1) is 43.2. The number of allylic oxidation sites excluding steroid dienone is 1. The van der Waals surface area contributed by atoms with E-state index in [2.05, 4.69) is 56.7 Å². The minimum atomic E-state index is -6.16. The number of nitrogens with zero attached hydrogens (tertiary/aromatic N) is 4. The number of imide groups is 2. The monoisotopic (exact) mass is 1310 g/mol. The van der Waals surface area contributed by atoms with E-state index >= 15 is 0 Å². The Morgan fingerprint density at radius 1 is 0.769 bits per heavy atom. The molecule has 0 spiro atoms. The number of halogens is 3. The summed E-state index contributed by atoms with van der Waals surface area (Å²) >= 11 is 1.40. The summed E-state index contributed by atoms with van der Waals surface area (Å²) in [5.74, 6) is -3.50. The van der Waals surface area contributed by atoms with Gasteiger partial charge in [0.1, 0.15) is 10.9 Å². The van der Waals surface area contributed by atoms with Crippen molar-refractivity contribution in [1.82, 2.24) is 30.1 Å². The molecule has 2 bridgehead atoms. The fourth-order valence-corrected chi connectivity index (χ4v) is 17.7. The van der Waals surface area contributed by atoms with E-state index in [1.54, 1.807) is 35.4 Å². The number of sulfonamides is 1. The van der Waals surface area contributed by atoms with Gasteiger partial charge in [0.25, 0.3) is 37.6 Å². The first-order valence-electron chi connectivity index (χ1n) is 31.5. The number of amides is 6. The topological polar surface area (TPSA) is 244 Å². The second-order valence-corrected chi connectivity index (χ2v) is 31.6.